The Morgan fingerprint density at radius 2 is 1.93 bits per heavy atom. The second-order valence-corrected chi connectivity index (χ2v) is 7.51. The SMILES string of the molecule is CC(=Nn1c(-c2ccccc2F)csc1=NC(C)C)c1ccc2c(c1)OCO2. The van der Waals surface area contributed by atoms with Crippen LogP contribution in [0.4, 0.5) is 4.39 Å². The van der Waals surface area contributed by atoms with E-state index in [0.29, 0.717) is 21.8 Å². The number of nitrogens with zero attached hydrogens (tertiary/aromatic N) is 3. The summed E-state index contributed by atoms with van der Waals surface area (Å²) in [6, 6.07) is 12.5. The zero-order valence-corrected chi connectivity index (χ0v) is 16.7. The fourth-order valence-electron chi connectivity index (χ4n) is 2.89. The summed E-state index contributed by atoms with van der Waals surface area (Å²) in [6.07, 6.45) is 0. The highest BCUT2D eigenvalue weighted by Crippen LogP contribution is 2.32. The molecule has 0 bridgehead atoms. The van der Waals surface area contributed by atoms with Crippen molar-refractivity contribution in [2.45, 2.75) is 26.8 Å². The van der Waals surface area contributed by atoms with Gasteiger partial charge in [-0.05, 0) is 51.1 Å². The highest BCUT2D eigenvalue weighted by atomic mass is 32.1. The topological polar surface area (TPSA) is 48.1 Å². The lowest BCUT2D eigenvalue weighted by Crippen LogP contribution is -2.16. The molecule has 0 amide bonds. The molecule has 0 saturated heterocycles. The van der Waals surface area contributed by atoms with E-state index in [9.17, 15) is 4.39 Å². The molecule has 5 nitrogen and oxygen atoms in total. The standard InChI is InChI=1S/C21H20FN3O2S/c1-13(2)23-21-25(18(11-28-21)16-6-4-5-7-17(16)22)24-14(3)15-8-9-19-20(10-15)27-12-26-19/h4-11,13H,12H2,1-3H3. The van der Waals surface area contributed by atoms with Crippen molar-refractivity contribution in [3.05, 3.63) is 64.0 Å². The number of benzene rings is 2. The first-order chi connectivity index (χ1) is 13.5. The monoisotopic (exact) mass is 397 g/mol. The number of hydrogen-bond donors (Lipinski definition) is 0. The average Bonchev–Trinajstić information content (AvgIpc) is 3.28. The molecule has 0 unspecified atom stereocenters. The van der Waals surface area contributed by atoms with E-state index in [4.69, 9.17) is 14.6 Å². The summed E-state index contributed by atoms with van der Waals surface area (Å²) in [4.78, 5) is 5.36. The number of fused-ring (bicyclic) bond motifs is 1. The third-order valence-electron chi connectivity index (χ3n) is 4.24. The molecule has 0 fully saturated rings. The summed E-state index contributed by atoms with van der Waals surface area (Å²) < 4.78 is 27.0. The van der Waals surface area contributed by atoms with Gasteiger partial charge in [0.2, 0.25) is 11.6 Å². The molecule has 0 saturated carbocycles. The zero-order valence-electron chi connectivity index (χ0n) is 15.8. The van der Waals surface area contributed by atoms with E-state index < -0.39 is 0 Å². The van der Waals surface area contributed by atoms with Crippen LogP contribution in [0, 0.1) is 5.82 Å². The molecular formula is C21H20FN3O2S. The van der Waals surface area contributed by atoms with Gasteiger partial charge in [0, 0.05) is 22.5 Å². The molecule has 7 heteroatoms. The van der Waals surface area contributed by atoms with Crippen molar-refractivity contribution in [1.82, 2.24) is 4.68 Å². The van der Waals surface area contributed by atoms with Gasteiger partial charge < -0.3 is 9.47 Å². The van der Waals surface area contributed by atoms with Gasteiger partial charge in [-0.2, -0.15) is 5.10 Å². The van der Waals surface area contributed by atoms with E-state index in [2.05, 4.69) is 4.99 Å². The van der Waals surface area contributed by atoms with Crippen molar-refractivity contribution >= 4 is 17.0 Å². The summed E-state index contributed by atoms with van der Waals surface area (Å²) in [5, 5.41) is 6.66. The summed E-state index contributed by atoms with van der Waals surface area (Å²) in [5.74, 6) is 1.13. The number of aromatic nitrogens is 1. The molecular weight excluding hydrogens is 377 g/mol. The maximum atomic E-state index is 14.4. The van der Waals surface area contributed by atoms with Crippen LogP contribution in [0.5, 0.6) is 11.5 Å². The van der Waals surface area contributed by atoms with Gasteiger partial charge in [-0.25, -0.2) is 9.07 Å². The number of thiazole rings is 1. The largest absolute Gasteiger partial charge is 0.454 e. The summed E-state index contributed by atoms with van der Waals surface area (Å²) in [5.41, 5.74) is 2.83. The normalized spacial score (nSPS) is 14.2. The maximum Gasteiger partial charge on any atom is 0.231 e. The van der Waals surface area contributed by atoms with E-state index >= 15 is 0 Å². The van der Waals surface area contributed by atoms with E-state index in [1.54, 1.807) is 16.8 Å². The first kappa shape index (κ1) is 18.4. The van der Waals surface area contributed by atoms with Crippen molar-refractivity contribution < 1.29 is 13.9 Å². The highest BCUT2D eigenvalue weighted by Gasteiger charge is 2.16. The van der Waals surface area contributed by atoms with Crippen LogP contribution in [-0.2, 0) is 0 Å². The summed E-state index contributed by atoms with van der Waals surface area (Å²) in [7, 11) is 0. The predicted molar refractivity (Wildman–Crippen MR) is 109 cm³/mol. The fraction of sp³-hybridized carbons (Fsp3) is 0.238. The molecule has 1 aliphatic heterocycles. The third kappa shape index (κ3) is 3.57. The molecule has 0 N–H and O–H groups in total. The molecule has 2 aromatic carbocycles. The van der Waals surface area contributed by atoms with Crippen molar-refractivity contribution in [2.24, 2.45) is 10.1 Å². The van der Waals surface area contributed by atoms with Gasteiger partial charge >= 0.3 is 0 Å². The van der Waals surface area contributed by atoms with Gasteiger partial charge in [0.15, 0.2) is 11.5 Å². The summed E-state index contributed by atoms with van der Waals surface area (Å²) in [6.45, 7) is 6.14. The van der Waals surface area contributed by atoms with E-state index in [0.717, 1.165) is 17.0 Å². The van der Waals surface area contributed by atoms with Gasteiger partial charge in [0.1, 0.15) is 5.82 Å². The quantitative estimate of drug-likeness (QED) is 0.601. The average molecular weight is 397 g/mol. The lowest BCUT2D eigenvalue weighted by atomic mass is 10.1. The molecule has 1 aromatic heterocycles. The molecule has 0 spiro atoms. The zero-order chi connectivity index (χ0) is 19.7. The summed E-state index contributed by atoms with van der Waals surface area (Å²) >= 11 is 1.44. The minimum absolute atomic E-state index is 0.0967. The molecule has 0 atom stereocenters. The third-order valence-corrected chi connectivity index (χ3v) is 5.07. The van der Waals surface area contributed by atoms with Gasteiger partial charge in [0.05, 0.1) is 11.4 Å². The molecule has 144 valence electrons. The Bertz CT molecular complexity index is 1110. The molecule has 4 rings (SSSR count). The van der Waals surface area contributed by atoms with Crippen molar-refractivity contribution in [3.8, 4) is 22.8 Å². The highest BCUT2D eigenvalue weighted by molar-refractivity contribution is 7.07. The minimum Gasteiger partial charge on any atom is -0.454 e. The number of halogens is 1. The van der Waals surface area contributed by atoms with Crippen LogP contribution in [-0.4, -0.2) is 23.2 Å². The Kier molecular flexibility index (Phi) is 5.00. The Balaban J connectivity index is 1.85. The lowest BCUT2D eigenvalue weighted by molar-refractivity contribution is 0.174. The molecule has 0 aliphatic carbocycles. The predicted octanol–water partition coefficient (Wildman–Crippen LogP) is 4.67. The van der Waals surface area contributed by atoms with Gasteiger partial charge in [-0.15, -0.1) is 11.3 Å². The second kappa shape index (κ2) is 7.59. The fourth-order valence-corrected chi connectivity index (χ4v) is 3.84. The first-order valence-electron chi connectivity index (χ1n) is 8.98. The van der Waals surface area contributed by atoms with Crippen molar-refractivity contribution in [2.75, 3.05) is 6.79 Å². The number of rotatable bonds is 4. The van der Waals surface area contributed by atoms with Gasteiger partial charge in [-0.3, -0.25) is 4.99 Å². The van der Waals surface area contributed by atoms with Crippen LogP contribution in [0.15, 0.2) is 57.9 Å². The van der Waals surface area contributed by atoms with Crippen LogP contribution in [0.25, 0.3) is 11.3 Å². The van der Waals surface area contributed by atoms with Crippen LogP contribution in [0.1, 0.15) is 26.3 Å². The molecule has 2 heterocycles. The minimum atomic E-state index is -0.291. The van der Waals surface area contributed by atoms with Gasteiger partial charge in [0.25, 0.3) is 0 Å². The van der Waals surface area contributed by atoms with E-state index in [1.165, 1.54) is 17.4 Å². The van der Waals surface area contributed by atoms with E-state index in [1.807, 2.05) is 50.4 Å². The van der Waals surface area contributed by atoms with Crippen LogP contribution < -0.4 is 14.3 Å². The molecule has 3 aromatic rings. The Hall–Kier alpha value is -2.93. The number of ether oxygens (including phenoxy) is 2. The maximum absolute atomic E-state index is 14.4. The lowest BCUT2D eigenvalue weighted by Gasteiger charge is -2.08. The Labute approximate surface area is 166 Å². The van der Waals surface area contributed by atoms with Crippen LogP contribution in [0.2, 0.25) is 0 Å². The number of hydrogen-bond acceptors (Lipinski definition) is 5. The Morgan fingerprint density at radius 3 is 2.71 bits per heavy atom. The van der Waals surface area contributed by atoms with E-state index in [-0.39, 0.29) is 18.7 Å². The Morgan fingerprint density at radius 1 is 1.14 bits per heavy atom. The van der Waals surface area contributed by atoms with Crippen LogP contribution >= 0.6 is 11.3 Å². The van der Waals surface area contributed by atoms with Crippen molar-refractivity contribution in [3.63, 3.8) is 0 Å². The van der Waals surface area contributed by atoms with Crippen LogP contribution in [0.3, 0.4) is 0 Å². The molecule has 28 heavy (non-hydrogen) atoms. The smallest absolute Gasteiger partial charge is 0.231 e. The molecule has 1 aliphatic rings. The molecule has 0 radical (unpaired) electrons. The first-order valence-corrected chi connectivity index (χ1v) is 9.86. The van der Waals surface area contributed by atoms with Crippen molar-refractivity contribution in [1.29, 1.82) is 0 Å². The second-order valence-electron chi connectivity index (χ2n) is 6.67. The van der Waals surface area contributed by atoms with Gasteiger partial charge in [-0.1, -0.05) is 12.1 Å².